The number of piperidine rings is 2. The third kappa shape index (κ3) is 5.47. The number of nitriles is 1. The summed E-state index contributed by atoms with van der Waals surface area (Å²) in [6, 6.07) is 14.7. The van der Waals surface area contributed by atoms with E-state index in [0.717, 1.165) is 81.0 Å². The van der Waals surface area contributed by atoms with E-state index in [1.165, 1.54) is 0 Å². The monoisotopic (exact) mass is 561 g/mol. The highest BCUT2D eigenvalue weighted by Gasteiger charge is 2.36. The summed E-state index contributed by atoms with van der Waals surface area (Å²) in [6.07, 6.45) is 8.50. The fourth-order valence-corrected chi connectivity index (χ4v) is 6.35. The Hall–Kier alpha value is -3.36. The molecule has 0 atom stereocenters. The van der Waals surface area contributed by atoms with Gasteiger partial charge in [-0.25, -0.2) is 9.94 Å². The number of aliphatic hydroxyl groups is 1. The maximum Gasteiger partial charge on any atom is 0.247 e. The molecule has 0 amide bonds. The third-order valence-electron chi connectivity index (χ3n) is 8.67. The standard InChI is InChI=1S/C29H36ClN9O/c30-23-6-4-22(5-7-23)29(21-40)10-17-37(18-11-29)26-3-1-14-38-27(26)34-28(35-38)33-24-19-32-39(20-24)25-8-15-36(16-9-25)13-2-12-31/h1,3-7,14,20,25,32,40H,2,8-11,13,15-19,21H2,(H,33,35). The molecule has 10 nitrogen and oxygen atoms in total. The fraction of sp³-hybridized carbons (Fsp3) is 0.483. The highest BCUT2D eigenvalue weighted by atomic mass is 35.5. The van der Waals surface area contributed by atoms with Crippen molar-refractivity contribution in [2.75, 3.05) is 56.1 Å². The number of aromatic nitrogens is 3. The van der Waals surface area contributed by atoms with Gasteiger partial charge < -0.3 is 25.2 Å². The molecule has 2 saturated heterocycles. The number of hydrazine groups is 1. The molecule has 6 rings (SSSR count). The molecule has 3 aliphatic rings. The van der Waals surface area contributed by atoms with E-state index in [1.54, 1.807) is 0 Å². The molecule has 1 aromatic carbocycles. The van der Waals surface area contributed by atoms with Crippen LogP contribution in [0.15, 0.2) is 54.5 Å². The van der Waals surface area contributed by atoms with E-state index in [9.17, 15) is 5.11 Å². The lowest BCUT2D eigenvalue weighted by molar-refractivity contribution is 0.120. The highest BCUT2D eigenvalue weighted by molar-refractivity contribution is 6.30. The molecule has 0 spiro atoms. The van der Waals surface area contributed by atoms with Crippen LogP contribution in [0, 0.1) is 11.3 Å². The number of likely N-dealkylation sites (tertiary alicyclic amines) is 1. The number of hydrogen-bond donors (Lipinski definition) is 3. The number of hydrogen-bond acceptors (Lipinski definition) is 9. The molecule has 5 heterocycles. The van der Waals surface area contributed by atoms with Gasteiger partial charge in [0, 0.05) is 68.0 Å². The normalized spacial score (nSPS) is 20.1. The molecule has 0 radical (unpaired) electrons. The van der Waals surface area contributed by atoms with Gasteiger partial charge in [-0.15, -0.1) is 5.10 Å². The predicted molar refractivity (Wildman–Crippen MR) is 156 cm³/mol. The minimum atomic E-state index is -0.256. The van der Waals surface area contributed by atoms with Gasteiger partial charge in [-0.05, 0) is 55.5 Å². The molecule has 0 aliphatic carbocycles. The van der Waals surface area contributed by atoms with Crippen LogP contribution in [0.2, 0.25) is 5.02 Å². The molecular formula is C29H36ClN9O. The maximum absolute atomic E-state index is 10.4. The van der Waals surface area contributed by atoms with Crippen molar-refractivity contribution in [1.82, 2.24) is 29.9 Å². The van der Waals surface area contributed by atoms with Crippen molar-refractivity contribution in [1.29, 1.82) is 5.26 Å². The van der Waals surface area contributed by atoms with Gasteiger partial charge >= 0.3 is 0 Å². The number of nitrogens with one attached hydrogen (secondary N) is 2. The molecule has 3 aromatic rings. The van der Waals surface area contributed by atoms with Crippen molar-refractivity contribution >= 4 is 28.9 Å². The van der Waals surface area contributed by atoms with Gasteiger partial charge in [-0.3, -0.25) is 0 Å². The van der Waals surface area contributed by atoms with Gasteiger partial charge in [-0.2, -0.15) is 10.2 Å². The van der Waals surface area contributed by atoms with E-state index in [4.69, 9.17) is 26.9 Å². The van der Waals surface area contributed by atoms with Crippen molar-refractivity contribution in [3.63, 3.8) is 0 Å². The molecule has 210 valence electrons. The fourth-order valence-electron chi connectivity index (χ4n) is 6.23. The predicted octanol–water partition coefficient (Wildman–Crippen LogP) is 3.36. The number of aliphatic hydroxyl groups excluding tert-OH is 1. The van der Waals surface area contributed by atoms with Crippen LogP contribution in [-0.2, 0) is 5.41 Å². The Labute approximate surface area is 239 Å². The van der Waals surface area contributed by atoms with E-state index in [0.29, 0.717) is 30.0 Å². The lowest BCUT2D eigenvalue weighted by Crippen LogP contribution is -2.46. The number of halogens is 1. The zero-order valence-corrected chi connectivity index (χ0v) is 23.4. The largest absolute Gasteiger partial charge is 0.395 e. The van der Waals surface area contributed by atoms with Crippen LogP contribution >= 0.6 is 11.6 Å². The molecule has 40 heavy (non-hydrogen) atoms. The zero-order chi connectivity index (χ0) is 27.5. The summed E-state index contributed by atoms with van der Waals surface area (Å²) >= 11 is 6.10. The van der Waals surface area contributed by atoms with Crippen LogP contribution in [-0.4, -0.2) is 81.5 Å². The van der Waals surface area contributed by atoms with E-state index in [-0.39, 0.29) is 12.0 Å². The summed E-state index contributed by atoms with van der Waals surface area (Å²) in [6.45, 7) is 5.36. The van der Waals surface area contributed by atoms with Crippen molar-refractivity contribution < 1.29 is 5.11 Å². The number of rotatable bonds is 8. The van der Waals surface area contributed by atoms with Gasteiger partial charge in [0.1, 0.15) is 0 Å². The quantitative estimate of drug-likeness (QED) is 0.381. The maximum atomic E-state index is 10.4. The van der Waals surface area contributed by atoms with E-state index >= 15 is 0 Å². The summed E-state index contributed by atoms with van der Waals surface area (Å²) in [5.74, 6) is 0.580. The number of fused-ring (bicyclic) bond motifs is 1. The number of nitrogens with zero attached hydrogens (tertiary/aromatic N) is 7. The van der Waals surface area contributed by atoms with Gasteiger partial charge in [0.25, 0.3) is 0 Å². The van der Waals surface area contributed by atoms with Crippen LogP contribution in [0.3, 0.4) is 0 Å². The van der Waals surface area contributed by atoms with Crippen LogP contribution < -0.4 is 15.6 Å². The number of benzene rings is 1. The first-order valence-corrected chi connectivity index (χ1v) is 14.5. The Kier molecular flexibility index (Phi) is 7.80. The first-order chi connectivity index (χ1) is 19.6. The summed E-state index contributed by atoms with van der Waals surface area (Å²) in [7, 11) is 0. The molecular weight excluding hydrogens is 526 g/mol. The van der Waals surface area contributed by atoms with Gasteiger partial charge in [0.15, 0.2) is 5.65 Å². The smallest absolute Gasteiger partial charge is 0.247 e. The van der Waals surface area contributed by atoms with E-state index in [1.807, 2.05) is 41.0 Å². The number of pyridine rings is 1. The van der Waals surface area contributed by atoms with E-state index in [2.05, 4.69) is 43.9 Å². The van der Waals surface area contributed by atoms with Gasteiger partial charge in [0.05, 0.1) is 30.6 Å². The topological polar surface area (TPSA) is 108 Å². The molecule has 3 aliphatic heterocycles. The number of anilines is 2. The zero-order valence-electron chi connectivity index (χ0n) is 22.6. The first-order valence-electron chi connectivity index (χ1n) is 14.1. The molecule has 0 unspecified atom stereocenters. The van der Waals surface area contributed by atoms with Crippen molar-refractivity contribution in [3.05, 3.63) is 65.1 Å². The second kappa shape index (κ2) is 11.6. The molecule has 11 heteroatoms. The van der Waals surface area contributed by atoms with Crippen LogP contribution in [0.5, 0.6) is 0 Å². The lowest BCUT2D eigenvalue weighted by atomic mass is 9.73. The van der Waals surface area contributed by atoms with Crippen molar-refractivity contribution in [2.45, 2.75) is 43.6 Å². The van der Waals surface area contributed by atoms with Crippen LogP contribution in [0.4, 0.5) is 11.6 Å². The summed E-state index contributed by atoms with van der Waals surface area (Å²) < 4.78 is 1.84. The summed E-state index contributed by atoms with van der Waals surface area (Å²) in [5.41, 5.74) is 7.29. The summed E-state index contributed by atoms with van der Waals surface area (Å²) in [4.78, 5) is 9.59. The molecule has 0 saturated carbocycles. The second-order valence-corrected chi connectivity index (χ2v) is 11.5. The van der Waals surface area contributed by atoms with Crippen LogP contribution in [0.25, 0.3) is 5.65 Å². The van der Waals surface area contributed by atoms with Crippen LogP contribution in [0.1, 0.15) is 37.7 Å². The minimum absolute atomic E-state index is 0.117. The highest BCUT2D eigenvalue weighted by Crippen LogP contribution is 2.38. The SMILES string of the molecule is N#CCCN1CCC(N2C=C(Nc3nc4c(N5CCC(CO)(c6ccc(Cl)cc6)CC5)cccn4n3)CN2)CC1. The minimum Gasteiger partial charge on any atom is -0.395 e. The lowest BCUT2D eigenvalue weighted by Gasteiger charge is -2.42. The Morgan fingerprint density at radius 2 is 1.90 bits per heavy atom. The third-order valence-corrected chi connectivity index (χ3v) is 8.92. The van der Waals surface area contributed by atoms with Gasteiger partial charge in [-0.1, -0.05) is 23.7 Å². The average Bonchev–Trinajstić information content (AvgIpc) is 3.64. The summed E-state index contributed by atoms with van der Waals surface area (Å²) in [5, 5.41) is 30.3. The Morgan fingerprint density at radius 3 is 2.62 bits per heavy atom. The van der Waals surface area contributed by atoms with E-state index < -0.39 is 0 Å². The van der Waals surface area contributed by atoms with Crippen molar-refractivity contribution in [2.24, 2.45) is 0 Å². The Balaban J connectivity index is 1.11. The van der Waals surface area contributed by atoms with Gasteiger partial charge in [0.2, 0.25) is 5.95 Å². The Morgan fingerprint density at radius 1 is 1.12 bits per heavy atom. The molecule has 2 aromatic heterocycles. The molecule has 3 N–H and O–H groups in total. The second-order valence-electron chi connectivity index (χ2n) is 11.0. The average molecular weight is 562 g/mol. The molecule has 0 bridgehead atoms. The Bertz CT molecular complexity index is 1380. The molecule has 2 fully saturated rings. The van der Waals surface area contributed by atoms with Crippen molar-refractivity contribution in [3.8, 4) is 6.07 Å². The first kappa shape index (κ1) is 26.8.